The van der Waals surface area contributed by atoms with E-state index < -0.39 is 10.0 Å². The Labute approximate surface area is 148 Å². The van der Waals surface area contributed by atoms with Crippen molar-refractivity contribution in [2.45, 2.75) is 25.2 Å². The number of aryl methyl sites for hydroxylation is 2. The molecule has 0 fully saturated rings. The van der Waals surface area contributed by atoms with Crippen LogP contribution in [0.1, 0.15) is 17.5 Å². The van der Waals surface area contributed by atoms with Crippen molar-refractivity contribution in [1.29, 1.82) is 0 Å². The van der Waals surface area contributed by atoms with E-state index in [1.807, 2.05) is 19.9 Å². The molecule has 25 heavy (non-hydrogen) atoms. The second kappa shape index (κ2) is 8.13. The lowest BCUT2D eigenvalue weighted by molar-refractivity contribution is -0.116. The van der Waals surface area contributed by atoms with Crippen LogP contribution in [0.25, 0.3) is 0 Å². The molecule has 0 saturated carbocycles. The molecular weight excluding hydrogens is 340 g/mol. The van der Waals surface area contributed by atoms with E-state index in [2.05, 4.69) is 10.0 Å². The third kappa shape index (κ3) is 5.30. The lowest BCUT2D eigenvalue weighted by atomic mass is 10.2. The highest BCUT2D eigenvalue weighted by molar-refractivity contribution is 7.89. The van der Waals surface area contributed by atoms with Crippen molar-refractivity contribution >= 4 is 21.6 Å². The monoisotopic (exact) mass is 362 g/mol. The first-order valence-electron chi connectivity index (χ1n) is 7.82. The van der Waals surface area contributed by atoms with Gasteiger partial charge in [-0.1, -0.05) is 23.8 Å². The van der Waals surface area contributed by atoms with Gasteiger partial charge in [-0.25, -0.2) is 13.1 Å². The number of amides is 1. The zero-order valence-corrected chi connectivity index (χ0v) is 15.3. The molecule has 0 unspecified atom stereocenters. The van der Waals surface area contributed by atoms with Crippen molar-refractivity contribution in [1.82, 2.24) is 4.72 Å². The average molecular weight is 362 g/mol. The number of carbonyl (C=O) groups excluding carboxylic acids is 1. The van der Waals surface area contributed by atoms with Crippen LogP contribution < -0.4 is 14.8 Å². The van der Waals surface area contributed by atoms with Crippen molar-refractivity contribution in [2.75, 3.05) is 19.0 Å². The zero-order chi connectivity index (χ0) is 18.4. The Bertz CT molecular complexity index is 846. The highest BCUT2D eigenvalue weighted by Crippen LogP contribution is 2.25. The van der Waals surface area contributed by atoms with Crippen molar-refractivity contribution in [3.05, 3.63) is 53.6 Å². The van der Waals surface area contributed by atoms with Crippen LogP contribution in [0, 0.1) is 13.8 Å². The van der Waals surface area contributed by atoms with Crippen molar-refractivity contribution < 1.29 is 17.9 Å². The van der Waals surface area contributed by atoms with E-state index in [1.165, 1.54) is 19.2 Å². The summed E-state index contributed by atoms with van der Waals surface area (Å²) in [4.78, 5) is 12.2. The van der Waals surface area contributed by atoms with Gasteiger partial charge in [0.1, 0.15) is 5.75 Å². The molecule has 0 saturated heterocycles. The Kier molecular flexibility index (Phi) is 6.17. The molecule has 6 nitrogen and oxygen atoms in total. The Hall–Kier alpha value is -2.38. The number of nitrogens with one attached hydrogen (secondary N) is 2. The number of benzene rings is 2. The third-order valence-electron chi connectivity index (χ3n) is 3.60. The van der Waals surface area contributed by atoms with Gasteiger partial charge in [0.05, 0.1) is 17.7 Å². The minimum atomic E-state index is -3.62. The van der Waals surface area contributed by atoms with Gasteiger partial charge in [0.2, 0.25) is 15.9 Å². The van der Waals surface area contributed by atoms with Gasteiger partial charge >= 0.3 is 0 Å². The third-order valence-corrected chi connectivity index (χ3v) is 5.08. The first-order valence-corrected chi connectivity index (χ1v) is 9.31. The van der Waals surface area contributed by atoms with Gasteiger partial charge in [-0.05, 0) is 43.7 Å². The molecule has 0 aromatic heterocycles. The summed E-state index contributed by atoms with van der Waals surface area (Å²) in [7, 11) is -2.10. The van der Waals surface area contributed by atoms with Gasteiger partial charge in [0.15, 0.2) is 0 Å². The van der Waals surface area contributed by atoms with Gasteiger partial charge in [-0.2, -0.15) is 0 Å². The molecule has 134 valence electrons. The summed E-state index contributed by atoms with van der Waals surface area (Å²) in [5.74, 6) is 0.259. The highest BCUT2D eigenvalue weighted by Gasteiger charge is 2.14. The molecule has 2 aromatic rings. The van der Waals surface area contributed by atoms with Gasteiger partial charge in [0, 0.05) is 13.0 Å². The molecule has 1 amide bonds. The SMILES string of the molecule is COc1ccc(C)cc1NC(=O)CCNS(=O)(=O)c1ccc(C)cc1. The molecule has 0 spiro atoms. The van der Waals surface area contributed by atoms with Crippen molar-refractivity contribution in [3.8, 4) is 5.75 Å². The highest BCUT2D eigenvalue weighted by atomic mass is 32.2. The maximum absolute atomic E-state index is 12.2. The van der Waals surface area contributed by atoms with Crippen LogP contribution in [-0.2, 0) is 14.8 Å². The lowest BCUT2D eigenvalue weighted by Crippen LogP contribution is -2.27. The predicted octanol–water partition coefficient (Wildman–Crippen LogP) is 2.62. The number of carbonyl (C=O) groups is 1. The molecule has 7 heteroatoms. The van der Waals surface area contributed by atoms with Crippen LogP contribution in [0.5, 0.6) is 5.75 Å². The van der Waals surface area contributed by atoms with Crippen LogP contribution in [-0.4, -0.2) is 28.0 Å². The van der Waals surface area contributed by atoms with E-state index in [9.17, 15) is 13.2 Å². The number of sulfonamides is 1. The summed E-state index contributed by atoms with van der Waals surface area (Å²) in [5, 5.41) is 2.74. The summed E-state index contributed by atoms with van der Waals surface area (Å²) < 4.78 is 32.0. The quantitative estimate of drug-likeness (QED) is 0.793. The fourth-order valence-electron chi connectivity index (χ4n) is 2.23. The smallest absolute Gasteiger partial charge is 0.240 e. The molecule has 0 aliphatic rings. The normalized spacial score (nSPS) is 11.2. The van der Waals surface area contributed by atoms with Crippen molar-refractivity contribution in [3.63, 3.8) is 0 Å². The summed E-state index contributed by atoms with van der Waals surface area (Å²) in [6, 6.07) is 12.0. The standard InChI is InChI=1S/C18H22N2O4S/c1-13-4-7-15(8-5-13)25(22,23)19-11-10-18(21)20-16-12-14(2)6-9-17(16)24-3/h4-9,12,19H,10-11H2,1-3H3,(H,20,21). The molecule has 0 bridgehead atoms. The molecular formula is C18H22N2O4S. The van der Waals surface area contributed by atoms with Gasteiger partial charge in [-0.15, -0.1) is 0 Å². The maximum Gasteiger partial charge on any atom is 0.240 e. The molecule has 0 aliphatic heterocycles. The summed E-state index contributed by atoms with van der Waals surface area (Å²) in [5.41, 5.74) is 2.52. The number of hydrogen-bond donors (Lipinski definition) is 2. The molecule has 2 rings (SSSR count). The molecule has 0 aliphatic carbocycles. The Morgan fingerprint density at radius 2 is 1.68 bits per heavy atom. The average Bonchev–Trinajstić information content (AvgIpc) is 2.55. The molecule has 0 radical (unpaired) electrons. The molecule has 2 N–H and O–H groups in total. The fourth-order valence-corrected chi connectivity index (χ4v) is 3.26. The minimum absolute atomic E-state index is 0.0101. The Balaban J connectivity index is 1.92. The number of methoxy groups -OCH3 is 1. The van der Waals surface area contributed by atoms with Crippen molar-refractivity contribution in [2.24, 2.45) is 0 Å². The van der Waals surface area contributed by atoms with Crippen LogP contribution in [0.2, 0.25) is 0 Å². The second-order valence-electron chi connectivity index (χ2n) is 5.71. The first kappa shape index (κ1) is 19.0. The van der Waals surface area contributed by atoms with Gasteiger partial charge in [0.25, 0.3) is 0 Å². The first-order chi connectivity index (χ1) is 11.8. The lowest BCUT2D eigenvalue weighted by Gasteiger charge is -2.11. The maximum atomic E-state index is 12.2. The Morgan fingerprint density at radius 3 is 2.32 bits per heavy atom. The van der Waals surface area contributed by atoms with E-state index in [-0.39, 0.29) is 23.8 Å². The predicted molar refractivity (Wildman–Crippen MR) is 97.3 cm³/mol. The molecule has 0 atom stereocenters. The van der Waals surface area contributed by atoms with Gasteiger partial charge in [-0.3, -0.25) is 4.79 Å². The zero-order valence-electron chi connectivity index (χ0n) is 14.5. The topological polar surface area (TPSA) is 84.5 Å². The summed E-state index contributed by atoms with van der Waals surface area (Å²) in [6.07, 6.45) is 0.0161. The number of rotatable bonds is 7. The second-order valence-corrected chi connectivity index (χ2v) is 7.48. The van der Waals surface area contributed by atoms with E-state index in [4.69, 9.17) is 4.74 Å². The largest absolute Gasteiger partial charge is 0.495 e. The number of ether oxygens (including phenoxy) is 1. The van der Waals surface area contributed by atoms with Crippen LogP contribution in [0.4, 0.5) is 5.69 Å². The number of hydrogen-bond acceptors (Lipinski definition) is 4. The fraction of sp³-hybridized carbons (Fsp3) is 0.278. The number of anilines is 1. The summed E-state index contributed by atoms with van der Waals surface area (Å²) >= 11 is 0. The van der Waals surface area contributed by atoms with Gasteiger partial charge < -0.3 is 10.1 Å². The van der Waals surface area contributed by atoms with Crippen LogP contribution in [0.15, 0.2) is 47.4 Å². The minimum Gasteiger partial charge on any atom is -0.495 e. The molecule has 2 aromatic carbocycles. The van der Waals surface area contributed by atoms with E-state index in [0.29, 0.717) is 11.4 Å². The van der Waals surface area contributed by atoms with E-state index >= 15 is 0 Å². The van der Waals surface area contributed by atoms with Crippen LogP contribution >= 0.6 is 0 Å². The Morgan fingerprint density at radius 1 is 1.04 bits per heavy atom. The van der Waals surface area contributed by atoms with E-state index in [1.54, 1.807) is 24.3 Å². The summed E-state index contributed by atoms with van der Waals surface area (Å²) in [6.45, 7) is 3.80. The van der Waals surface area contributed by atoms with Crippen LogP contribution in [0.3, 0.4) is 0 Å². The molecule has 0 heterocycles. The van der Waals surface area contributed by atoms with E-state index in [0.717, 1.165) is 11.1 Å².